The van der Waals surface area contributed by atoms with E-state index < -0.39 is 0 Å². The van der Waals surface area contributed by atoms with Crippen LogP contribution in [0.3, 0.4) is 0 Å². The number of pyridine rings is 1. The van der Waals surface area contributed by atoms with E-state index in [1.54, 1.807) is 0 Å². The summed E-state index contributed by atoms with van der Waals surface area (Å²) in [4.78, 5) is 22.7. The quantitative estimate of drug-likeness (QED) is 0.744. The van der Waals surface area contributed by atoms with Gasteiger partial charge in [-0.2, -0.15) is 0 Å². The summed E-state index contributed by atoms with van der Waals surface area (Å²) >= 11 is 1.36. The molecule has 0 aliphatic heterocycles. The third-order valence-electron chi connectivity index (χ3n) is 3.13. The van der Waals surface area contributed by atoms with Gasteiger partial charge in [-0.1, -0.05) is 13.8 Å². The number of H-pyrrole nitrogens is 1. The number of carbonyl (C=O) groups excluding carboxylic acids is 1. The van der Waals surface area contributed by atoms with Gasteiger partial charge in [0.15, 0.2) is 11.3 Å². The summed E-state index contributed by atoms with van der Waals surface area (Å²) in [6, 6.07) is 2.16. The van der Waals surface area contributed by atoms with Gasteiger partial charge >= 0.3 is 0 Å². The Morgan fingerprint density at radius 3 is 3.00 bits per heavy atom. The molecular weight excluding hydrogens is 270 g/mol. The number of aldehydes is 1. The van der Waals surface area contributed by atoms with Crippen molar-refractivity contribution in [3.05, 3.63) is 34.4 Å². The summed E-state index contributed by atoms with van der Waals surface area (Å²) in [5, 5.41) is 3.47. The molecule has 0 atom stereocenters. The van der Waals surface area contributed by atoms with Gasteiger partial charge in [-0.05, 0) is 24.0 Å². The lowest BCUT2D eigenvalue weighted by Gasteiger charge is -2.04. The molecular formula is C15H15N3OS. The van der Waals surface area contributed by atoms with Crippen LogP contribution in [0.2, 0.25) is 0 Å². The summed E-state index contributed by atoms with van der Waals surface area (Å²) < 4.78 is 0. The van der Waals surface area contributed by atoms with Crippen molar-refractivity contribution in [3.63, 3.8) is 0 Å². The Kier molecular flexibility index (Phi) is 3.36. The summed E-state index contributed by atoms with van der Waals surface area (Å²) in [7, 11) is 0. The molecule has 3 aromatic heterocycles. The first kappa shape index (κ1) is 13.0. The van der Waals surface area contributed by atoms with Gasteiger partial charge in [0.1, 0.15) is 5.65 Å². The predicted octanol–water partition coefficient (Wildman–Crippen LogP) is 3.70. The van der Waals surface area contributed by atoms with Gasteiger partial charge in [0.05, 0.1) is 5.69 Å². The number of nitrogens with zero attached hydrogens (tertiary/aromatic N) is 2. The Morgan fingerprint density at radius 2 is 2.30 bits per heavy atom. The maximum atomic E-state index is 10.8. The molecule has 0 saturated heterocycles. The molecule has 0 unspecified atom stereocenters. The first-order valence-electron chi connectivity index (χ1n) is 6.54. The molecule has 0 bridgehead atoms. The second-order valence-corrected chi connectivity index (χ2v) is 6.12. The lowest BCUT2D eigenvalue weighted by molar-refractivity contribution is 0.112. The maximum absolute atomic E-state index is 10.8. The zero-order valence-corrected chi connectivity index (χ0v) is 12.2. The van der Waals surface area contributed by atoms with Crippen LogP contribution in [-0.2, 0) is 6.42 Å². The molecule has 5 heteroatoms. The highest BCUT2D eigenvalue weighted by molar-refractivity contribution is 7.11. The first-order chi connectivity index (χ1) is 9.67. The second kappa shape index (κ2) is 5.17. The van der Waals surface area contributed by atoms with E-state index in [0.717, 1.165) is 35.0 Å². The van der Waals surface area contributed by atoms with E-state index in [4.69, 9.17) is 0 Å². The predicted molar refractivity (Wildman–Crippen MR) is 81.1 cm³/mol. The van der Waals surface area contributed by atoms with Crippen molar-refractivity contribution in [2.45, 2.75) is 20.3 Å². The molecule has 4 nitrogen and oxygen atoms in total. The molecule has 3 rings (SSSR count). The van der Waals surface area contributed by atoms with E-state index in [-0.39, 0.29) is 0 Å². The summed E-state index contributed by atoms with van der Waals surface area (Å²) in [5.41, 5.74) is 3.90. The largest absolute Gasteiger partial charge is 0.345 e. The van der Waals surface area contributed by atoms with Crippen LogP contribution in [0.1, 0.15) is 29.2 Å². The molecule has 20 heavy (non-hydrogen) atoms. The fourth-order valence-electron chi connectivity index (χ4n) is 2.31. The number of thiazole rings is 1. The van der Waals surface area contributed by atoms with Crippen LogP contribution in [-0.4, -0.2) is 21.2 Å². The molecule has 0 amide bonds. The van der Waals surface area contributed by atoms with Crippen LogP contribution < -0.4 is 0 Å². The van der Waals surface area contributed by atoms with Gasteiger partial charge < -0.3 is 4.98 Å². The van der Waals surface area contributed by atoms with Crippen LogP contribution in [0, 0.1) is 5.92 Å². The maximum Gasteiger partial charge on any atom is 0.178 e. The minimum absolute atomic E-state index is 0.501. The molecule has 3 heterocycles. The molecule has 0 radical (unpaired) electrons. The van der Waals surface area contributed by atoms with Crippen LogP contribution >= 0.6 is 11.3 Å². The van der Waals surface area contributed by atoms with Gasteiger partial charge in [0.25, 0.3) is 0 Å². The zero-order valence-electron chi connectivity index (χ0n) is 11.4. The van der Waals surface area contributed by atoms with Gasteiger partial charge in [-0.15, -0.1) is 11.3 Å². The molecule has 3 aromatic rings. The number of hydrogen-bond acceptors (Lipinski definition) is 4. The van der Waals surface area contributed by atoms with Gasteiger partial charge in [0, 0.05) is 28.7 Å². The second-order valence-electron chi connectivity index (χ2n) is 5.23. The van der Waals surface area contributed by atoms with E-state index in [0.29, 0.717) is 10.9 Å². The zero-order chi connectivity index (χ0) is 14.1. The minimum atomic E-state index is 0.501. The Balaban J connectivity index is 2.08. The van der Waals surface area contributed by atoms with Gasteiger partial charge in [-0.25, -0.2) is 9.97 Å². The summed E-state index contributed by atoms with van der Waals surface area (Å²) in [6.45, 7) is 4.39. The Bertz CT molecular complexity index is 757. The number of fused-ring (bicyclic) bond motifs is 1. The van der Waals surface area contributed by atoms with Crippen LogP contribution in [0.15, 0.2) is 23.8 Å². The number of aromatic nitrogens is 3. The Hall–Kier alpha value is -2.01. The highest BCUT2D eigenvalue weighted by Gasteiger charge is 2.11. The molecule has 0 aliphatic rings. The molecule has 0 spiro atoms. The first-order valence-corrected chi connectivity index (χ1v) is 7.42. The highest BCUT2D eigenvalue weighted by Crippen LogP contribution is 2.29. The van der Waals surface area contributed by atoms with E-state index in [2.05, 4.69) is 34.9 Å². The third kappa shape index (κ3) is 2.36. The fraction of sp³-hybridized carbons (Fsp3) is 0.267. The van der Waals surface area contributed by atoms with Crippen molar-refractivity contribution in [1.82, 2.24) is 15.0 Å². The van der Waals surface area contributed by atoms with Crippen molar-refractivity contribution < 1.29 is 4.79 Å². The third-order valence-corrected chi connectivity index (χ3v) is 3.90. The summed E-state index contributed by atoms with van der Waals surface area (Å²) in [6.07, 6.45) is 5.61. The van der Waals surface area contributed by atoms with E-state index in [1.165, 1.54) is 16.9 Å². The lowest BCUT2D eigenvalue weighted by atomic mass is 10.0. The van der Waals surface area contributed by atoms with E-state index >= 15 is 0 Å². The minimum Gasteiger partial charge on any atom is -0.345 e. The SMILES string of the molecule is CC(C)Cc1cnc2[nH]cc(-c3csc(C=O)n3)c2c1. The van der Waals surface area contributed by atoms with Crippen molar-refractivity contribution in [3.8, 4) is 11.3 Å². The molecule has 102 valence electrons. The molecule has 0 fully saturated rings. The Morgan fingerprint density at radius 1 is 1.45 bits per heavy atom. The van der Waals surface area contributed by atoms with Crippen LogP contribution in [0.25, 0.3) is 22.3 Å². The van der Waals surface area contributed by atoms with E-state index in [1.807, 2.05) is 17.8 Å². The van der Waals surface area contributed by atoms with E-state index in [9.17, 15) is 4.79 Å². The number of hydrogen-bond donors (Lipinski definition) is 1. The highest BCUT2D eigenvalue weighted by atomic mass is 32.1. The van der Waals surface area contributed by atoms with Gasteiger partial charge in [-0.3, -0.25) is 4.79 Å². The topological polar surface area (TPSA) is 58.6 Å². The number of nitrogens with one attached hydrogen (secondary N) is 1. The molecule has 0 aliphatic carbocycles. The average Bonchev–Trinajstić information content (AvgIpc) is 3.02. The van der Waals surface area contributed by atoms with Crippen LogP contribution in [0.4, 0.5) is 0 Å². The molecule has 0 aromatic carbocycles. The van der Waals surface area contributed by atoms with Crippen molar-refractivity contribution in [1.29, 1.82) is 0 Å². The molecule has 0 saturated carbocycles. The summed E-state index contributed by atoms with van der Waals surface area (Å²) in [5.74, 6) is 0.595. The standard InChI is InChI=1S/C15H15N3OS/c1-9(2)3-10-4-11-12(6-17-15(11)16-5-10)13-8-20-14(7-19)18-13/h4-9H,3H2,1-2H3,(H,16,17). The number of carbonyl (C=O) groups is 1. The Labute approximate surface area is 120 Å². The number of rotatable bonds is 4. The molecule has 1 N–H and O–H groups in total. The van der Waals surface area contributed by atoms with Gasteiger partial charge in [0.2, 0.25) is 0 Å². The number of aromatic amines is 1. The fourth-order valence-corrected chi connectivity index (χ4v) is 2.93. The normalized spacial score (nSPS) is 11.3. The monoisotopic (exact) mass is 285 g/mol. The average molecular weight is 285 g/mol. The van der Waals surface area contributed by atoms with Crippen LogP contribution in [0.5, 0.6) is 0 Å². The van der Waals surface area contributed by atoms with Crippen molar-refractivity contribution in [2.24, 2.45) is 5.92 Å². The lowest BCUT2D eigenvalue weighted by Crippen LogP contribution is -1.94. The van der Waals surface area contributed by atoms with Crippen molar-refractivity contribution >= 4 is 28.7 Å². The smallest absolute Gasteiger partial charge is 0.178 e. The van der Waals surface area contributed by atoms with Crippen molar-refractivity contribution in [2.75, 3.05) is 0 Å².